The number of alkyl halides is 1. The molecule has 0 saturated heterocycles. The van der Waals surface area contributed by atoms with Crippen LogP contribution in [-0.2, 0) is 0 Å². The van der Waals surface area contributed by atoms with Crippen molar-refractivity contribution < 1.29 is 0 Å². The minimum absolute atomic E-state index is 0.369. The third-order valence-corrected chi connectivity index (χ3v) is 4.56. The van der Waals surface area contributed by atoms with E-state index in [0.29, 0.717) is 9.46 Å². The van der Waals surface area contributed by atoms with Crippen molar-refractivity contribution in [1.82, 2.24) is 0 Å². The predicted octanol–water partition coefficient (Wildman–Crippen LogP) is 2.47. The number of nitrogens with two attached hydrogens (primary N) is 1. The molecule has 1 saturated carbocycles. The van der Waals surface area contributed by atoms with Gasteiger partial charge in [0.25, 0.3) is 0 Å². The van der Waals surface area contributed by atoms with E-state index in [0.717, 1.165) is 0 Å². The van der Waals surface area contributed by atoms with Crippen LogP contribution in [0.3, 0.4) is 0 Å². The molecule has 1 aliphatic carbocycles. The second kappa shape index (κ2) is 3.39. The Morgan fingerprint density at radius 2 is 1.80 bits per heavy atom. The van der Waals surface area contributed by atoms with Gasteiger partial charge in [-0.3, -0.25) is 0 Å². The van der Waals surface area contributed by atoms with E-state index in [1.54, 1.807) is 0 Å². The average Bonchev–Trinajstić information content (AvgIpc) is 1.89. The highest BCUT2D eigenvalue weighted by Crippen LogP contribution is 2.38. The molecule has 0 spiro atoms. The molecule has 0 radical (unpaired) electrons. The molecule has 0 heterocycles. The standard InChI is InChI=1S/C8H16IN/c1-7(10)8(9)5-3-2-4-6-8/h7H,2-6,10H2,1H3/t7-/m0/s1. The first kappa shape index (κ1) is 8.78. The highest BCUT2D eigenvalue weighted by molar-refractivity contribution is 14.1. The smallest absolute Gasteiger partial charge is 0.0370 e. The van der Waals surface area contributed by atoms with Gasteiger partial charge in [0.15, 0.2) is 0 Å². The van der Waals surface area contributed by atoms with E-state index in [2.05, 4.69) is 29.5 Å². The Morgan fingerprint density at radius 1 is 1.30 bits per heavy atom. The summed E-state index contributed by atoms with van der Waals surface area (Å²) in [5, 5.41) is 0. The lowest BCUT2D eigenvalue weighted by Gasteiger charge is -2.35. The summed E-state index contributed by atoms with van der Waals surface area (Å²) in [6.45, 7) is 2.14. The third-order valence-electron chi connectivity index (χ3n) is 2.50. The number of halogens is 1. The van der Waals surface area contributed by atoms with Crippen molar-refractivity contribution in [2.75, 3.05) is 0 Å². The highest BCUT2D eigenvalue weighted by atomic mass is 127. The molecular formula is C8H16IN. The van der Waals surface area contributed by atoms with Crippen molar-refractivity contribution in [1.29, 1.82) is 0 Å². The maximum Gasteiger partial charge on any atom is 0.0370 e. The van der Waals surface area contributed by atoms with Crippen LogP contribution in [0.1, 0.15) is 39.0 Å². The van der Waals surface area contributed by atoms with Gasteiger partial charge >= 0.3 is 0 Å². The van der Waals surface area contributed by atoms with Gasteiger partial charge in [-0.05, 0) is 19.8 Å². The van der Waals surface area contributed by atoms with Crippen LogP contribution in [0.5, 0.6) is 0 Å². The summed E-state index contributed by atoms with van der Waals surface area (Å²) in [6, 6.07) is 0.369. The second-order valence-corrected chi connectivity index (χ2v) is 5.53. The third kappa shape index (κ3) is 1.84. The first-order valence-corrected chi connectivity index (χ1v) is 5.17. The molecule has 2 N–H and O–H groups in total. The highest BCUT2D eigenvalue weighted by Gasteiger charge is 2.32. The van der Waals surface area contributed by atoms with Crippen LogP contribution < -0.4 is 5.73 Å². The number of rotatable bonds is 1. The lowest BCUT2D eigenvalue weighted by molar-refractivity contribution is 0.374. The topological polar surface area (TPSA) is 26.0 Å². The molecule has 1 rings (SSSR count). The predicted molar refractivity (Wildman–Crippen MR) is 53.5 cm³/mol. The zero-order valence-corrected chi connectivity index (χ0v) is 8.73. The lowest BCUT2D eigenvalue weighted by atomic mass is 9.85. The molecule has 0 aromatic rings. The molecule has 10 heavy (non-hydrogen) atoms. The molecule has 0 aromatic carbocycles. The van der Waals surface area contributed by atoms with E-state index in [1.165, 1.54) is 32.1 Å². The SMILES string of the molecule is C[C@H](N)C1(I)CCCCC1. The van der Waals surface area contributed by atoms with Crippen molar-refractivity contribution >= 4 is 22.6 Å². The van der Waals surface area contributed by atoms with E-state index in [1.807, 2.05) is 0 Å². The van der Waals surface area contributed by atoms with Crippen LogP contribution in [0.4, 0.5) is 0 Å². The summed E-state index contributed by atoms with van der Waals surface area (Å²) in [5.41, 5.74) is 5.89. The fraction of sp³-hybridized carbons (Fsp3) is 1.00. The van der Waals surface area contributed by atoms with Crippen LogP contribution in [0.15, 0.2) is 0 Å². The van der Waals surface area contributed by atoms with Gasteiger partial charge in [0.05, 0.1) is 0 Å². The molecule has 0 bridgehead atoms. The molecular weight excluding hydrogens is 237 g/mol. The number of hydrogen-bond acceptors (Lipinski definition) is 1. The van der Waals surface area contributed by atoms with E-state index in [-0.39, 0.29) is 0 Å². The molecule has 0 unspecified atom stereocenters. The van der Waals surface area contributed by atoms with Gasteiger partial charge in [-0.15, -0.1) is 0 Å². The van der Waals surface area contributed by atoms with Crippen LogP contribution in [-0.4, -0.2) is 9.46 Å². The lowest BCUT2D eigenvalue weighted by Crippen LogP contribution is -2.41. The molecule has 0 aromatic heterocycles. The fourth-order valence-corrected chi connectivity index (χ4v) is 2.36. The first-order valence-electron chi connectivity index (χ1n) is 4.10. The maximum absolute atomic E-state index is 5.89. The van der Waals surface area contributed by atoms with E-state index >= 15 is 0 Å². The van der Waals surface area contributed by atoms with Crippen LogP contribution in [0.2, 0.25) is 0 Å². The first-order chi connectivity index (χ1) is 4.65. The zero-order chi connectivity index (χ0) is 7.61. The van der Waals surface area contributed by atoms with E-state index in [4.69, 9.17) is 5.73 Å². The Balaban J connectivity index is 2.48. The quantitative estimate of drug-likeness (QED) is 0.563. The molecule has 1 aliphatic rings. The van der Waals surface area contributed by atoms with E-state index < -0.39 is 0 Å². The van der Waals surface area contributed by atoms with Gasteiger partial charge in [-0.1, -0.05) is 41.9 Å². The summed E-state index contributed by atoms with van der Waals surface area (Å²) in [7, 11) is 0. The molecule has 1 atom stereocenters. The Morgan fingerprint density at radius 3 is 2.10 bits per heavy atom. The van der Waals surface area contributed by atoms with Crippen molar-refractivity contribution in [2.45, 2.75) is 48.5 Å². The maximum atomic E-state index is 5.89. The average molecular weight is 253 g/mol. The monoisotopic (exact) mass is 253 g/mol. The normalized spacial score (nSPS) is 27.9. The molecule has 0 aliphatic heterocycles. The van der Waals surface area contributed by atoms with Crippen LogP contribution in [0, 0.1) is 0 Å². The molecule has 60 valence electrons. The summed E-state index contributed by atoms with van der Waals surface area (Å²) in [4.78, 5) is 0. The van der Waals surface area contributed by atoms with Crippen molar-refractivity contribution in [3.63, 3.8) is 0 Å². The Kier molecular flexibility index (Phi) is 2.98. The molecule has 2 heteroatoms. The van der Waals surface area contributed by atoms with E-state index in [9.17, 15) is 0 Å². The molecule has 1 nitrogen and oxygen atoms in total. The largest absolute Gasteiger partial charge is 0.327 e. The van der Waals surface area contributed by atoms with Gasteiger partial charge in [0.2, 0.25) is 0 Å². The Hall–Kier alpha value is 0.690. The second-order valence-electron chi connectivity index (χ2n) is 3.38. The van der Waals surface area contributed by atoms with Crippen LogP contribution in [0.25, 0.3) is 0 Å². The van der Waals surface area contributed by atoms with Gasteiger partial charge in [0.1, 0.15) is 0 Å². The zero-order valence-electron chi connectivity index (χ0n) is 6.57. The van der Waals surface area contributed by atoms with Crippen molar-refractivity contribution in [2.24, 2.45) is 5.73 Å². The minimum atomic E-state index is 0.369. The molecule has 1 fully saturated rings. The minimum Gasteiger partial charge on any atom is -0.327 e. The van der Waals surface area contributed by atoms with Crippen molar-refractivity contribution in [3.8, 4) is 0 Å². The molecule has 0 amide bonds. The Labute approximate surface area is 76.9 Å². The summed E-state index contributed by atoms with van der Waals surface area (Å²) >= 11 is 2.55. The van der Waals surface area contributed by atoms with Gasteiger partial charge in [0, 0.05) is 9.46 Å². The Bertz CT molecular complexity index is 106. The number of hydrogen-bond donors (Lipinski definition) is 1. The van der Waals surface area contributed by atoms with Gasteiger partial charge < -0.3 is 5.73 Å². The van der Waals surface area contributed by atoms with Gasteiger partial charge in [-0.25, -0.2) is 0 Å². The summed E-state index contributed by atoms with van der Waals surface area (Å²) in [5.74, 6) is 0. The van der Waals surface area contributed by atoms with Gasteiger partial charge in [-0.2, -0.15) is 0 Å². The van der Waals surface area contributed by atoms with Crippen molar-refractivity contribution in [3.05, 3.63) is 0 Å². The summed E-state index contributed by atoms with van der Waals surface area (Å²) in [6.07, 6.45) is 6.82. The summed E-state index contributed by atoms with van der Waals surface area (Å²) < 4.78 is 0.427. The van der Waals surface area contributed by atoms with Crippen LogP contribution >= 0.6 is 22.6 Å². The fourth-order valence-electron chi connectivity index (χ4n) is 1.59.